The molecule has 26 heavy (non-hydrogen) atoms. The first-order valence-electron chi connectivity index (χ1n) is 8.68. The van der Waals surface area contributed by atoms with Crippen molar-refractivity contribution in [3.63, 3.8) is 0 Å². The number of hydrogen-bond donors (Lipinski definition) is 0. The average molecular weight is 363 g/mol. The number of benzene rings is 3. The van der Waals surface area contributed by atoms with Crippen LogP contribution in [0.4, 0.5) is 0 Å². The van der Waals surface area contributed by atoms with E-state index < -0.39 is 7.05 Å². The molecular weight excluding hydrogens is 341 g/mol. The van der Waals surface area contributed by atoms with Gasteiger partial charge in [0, 0.05) is 15.9 Å². The van der Waals surface area contributed by atoms with Gasteiger partial charge in [0.2, 0.25) is 0 Å². The molecule has 0 bridgehead atoms. The van der Waals surface area contributed by atoms with Crippen molar-refractivity contribution in [3.05, 3.63) is 91.0 Å². The van der Waals surface area contributed by atoms with Gasteiger partial charge in [0.25, 0.3) is 0 Å². The van der Waals surface area contributed by atoms with Crippen molar-refractivity contribution in [2.24, 2.45) is 4.74 Å². The highest BCUT2D eigenvalue weighted by atomic mass is 31.2. The van der Waals surface area contributed by atoms with Crippen LogP contribution in [0.5, 0.6) is 0 Å². The second kappa shape index (κ2) is 8.64. The number of hydrogen-bond acceptors (Lipinski definition) is 3. The molecule has 0 aliphatic heterocycles. The Labute approximate surface area is 154 Å². The van der Waals surface area contributed by atoms with Crippen molar-refractivity contribution in [2.45, 2.75) is 6.92 Å². The van der Waals surface area contributed by atoms with E-state index in [1.54, 1.807) is 0 Å². The van der Waals surface area contributed by atoms with Gasteiger partial charge in [0.15, 0.2) is 0 Å². The van der Waals surface area contributed by atoms with Gasteiger partial charge in [0.05, 0.1) is 13.7 Å². The minimum atomic E-state index is -2.31. The number of carbonyl (C=O) groups is 1. The largest absolute Gasteiger partial charge is 0.465 e. The zero-order valence-corrected chi connectivity index (χ0v) is 15.7. The summed E-state index contributed by atoms with van der Waals surface area (Å²) in [4.78, 5) is 12.1. The summed E-state index contributed by atoms with van der Waals surface area (Å²) in [6.45, 7) is 2.22. The van der Waals surface area contributed by atoms with Crippen molar-refractivity contribution in [3.8, 4) is 0 Å². The Morgan fingerprint density at radius 3 is 1.50 bits per heavy atom. The summed E-state index contributed by atoms with van der Waals surface area (Å²) < 4.78 is 10.2. The molecule has 3 rings (SSSR count). The molecule has 0 fully saturated rings. The van der Waals surface area contributed by atoms with Gasteiger partial charge >= 0.3 is 5.97 Å². The molecule has 0 heterocycles. The molecule has 0 saturated heterocycles. The molecule has 0 aromatic heterocycles. The highest BCUT2D eigenvalue weighted by molar-refractivity contribution is 7.87. The van der Waals surface area contributed by atoms with Gasteiger partial charge in [-0.15, -0.1) is 0 Å². The molecule has 0 saturated carbocycles. The van der Waals surface area contributed by atoms with E-state index in [0.29, 0.717) is 6.61 Å². The lowest BCUT2D eigenvalue weighted by Crippen LogP contribution is -2.26. The van der Waals surface area contributed by atoms with Gasteiger partial charge in [-0.25, -0.2) is 0 Å². The minimum absolute atomic E-state index is 0.0420. The van der Waals surface area contributed by atoms with Crippen molar-refractivity contribution in [1.82, 2.24) is 0 Å². The van der Waals surface area contributed by atoms with Gasteiger partial charge in [-0.05, 0) is 6.92 Å². The summed E-state index contributed by atoms with van der Waals surface area (Å²) in [5.41, 5.74) is 0. The molecule has 3 aromatic rings. The topological polar surface area (TPSA) is 38.7 Å². The lowest BCUT2D eigenvalue weighted by atomic mass is 10.4. The molecule has 132 valence electrons. The quantitative estimate of drug-likeness (QED) is 0.494. The van der Waals surface area contributed by atoms with E-state index in [1.165, 1.54) is 0 Å². The first kappa shape index (κ1) is 18.2. The van der Waals surface area contributed by atoms with Gasteiger partial charge in [-0.1, -0.05) is 91.0 Å². The molecule has 0 radical (unpaired) electrons. The van der Waals surface area contributed by atoms with Crippen LogP contribution in [0.3, 0.4) is 0 Å². The third kappa shape index (κ3) is 3.79. The minimum Gasteiger partial charge on any atom is -0.465 e. The summed E-state index contributed by atoms with van der Waals surface area (Å²) in [7, 11) is -2.31. The third-order valence-electron chi connectivity index (χ3n) is 4.11. The number of esters is 1. The van der Waals surface area contributed by atoms with Crippen LogP contribution in [0.1, 0.15) is 6.92 Å². The zero-order chi connectivity index (χ0) is 18.2. The van der Waals surface area contributed by atoms with Crippen LogP contribution in [0, 0.1) is 0 Å². The van der Waals surface area contributed by atoms with Crippen LogP contribution in [0.25, 0.3) is 0 Å². The molecule has 0 aliphatic carbocycles. The number of ether oxygens (including phenoxy) is 1. The first-order valence-corrected chi connectivity index (χ1v) is 10.4. The Balaban J connectivity index is 2.28. The van der Waals surface area contributed by atoms with Crippen molar-refractivity contribution in [1.29, 1.82) is 0 Å². The van der Waals surface area contributed by atoms with E-state index in [9.17, 15) is 4.79 Å². The Bertz CT molecular complexity index is 790. The van der Waals surface area contributed by atoms with E-state index >= 15 is 0 Å². The van der Waals surface area contributed by atoms with Crippen molar-refractivity contribution >= 4 is 28.9 Å². The van der Waals surface area contributed by atoms with Gasteiger partial charge < -0.3 is 4.74 Å². The molecular formula is C22H22NO2P. The predicted molar refractivity (Wildman–Crippen MR) is 109 cm³/mol. The van der Waals surface area contributed by atoms with Gasteiger partial charge in [-0.2, -0.15) is 0 Å². The summed E-state index contributed by atoms with van der Waals surface area (Å²) >= 11 is 0. The van der Waals surface area contributed by atoms with Crippen LogP contribution < -0.4 is 15.9 Å². The van der Waals surface area contributed by atoms with E-state index in [-0.39, 0.29) is 12.5 Å². The van der Waals surface area contributed by atoms with Gasteiger partial charge in [-0.3, -0.25) is 9.54 Å². The van der Waals surface area contributed by atoms with E-state index in [4.69, 9.17) is 9.48 Å². The average Bonchev–Trinajstić information content (AvgIpc) is 2.71. The SMILES string of the molecule is CCOC(=O)CN=P(c1ccccc1)(c1ccccc1)c1ccccc1. The predicted octanol–water partition coefficient (Wildman–Crippen LogP) is 3.73. The molecule has 0 spiro atoms. The Morgan fingerprint density at radius 1 is 0.769 bits per heavy atom. The van der Waals surface area contributed by atoms with Crippen LogP contribution in [-0.2, 0) is 9.53 Å². The highest BCUT2D eigenvalue weighted by Crippen LogP contribution is 2.46. The first-order chi connectivity index (χ1) is 12.8. The van der Waals surface area contributed by atoms with E-state index in [1.807, 2.05) is 61.5 Å². The lowest BCUT2D eigenvalue weighted by Gasteiger charge is -2.26. The maximum atomic E-state index is 12.1. The Morgan fingerprint density at radius 2 is 1.15 bits per heavy atom. The maximum absolute atomic E-state index is 12.1. The number of carbonyl (C=O) groups excluding carboxylic acids is 1. The van der Waals surface area contributed by atoms with Crippen molar-refractivity contribution < 1.29 is 9.53 Å². The Kier molecular flexibility index (Phi) is 6.04. The molecule has 4 heteroatoms. The van der Waals surface area contributed by atoms with E-state index in [0.717, 1.165) is 15.9 Å². The van der Waals surface area contributed by atoms with E-state index in [2.05, 4.69) is 36.4 Å². The van der Waals surface area contributed by atoms with Crippen LogP contribution in [-0.4, -0.2) is 19.1 Å². The fourth-order valence-corrected chi connectivity index (χ4v) is 6.52. The molecule has 0 unspecified atom stereocenters. The van der Waals surface area contributed by atoms with Crippen LogP contribution in [0.2, 0.25) is 0 Å². The standard InChI is InChI=1S/C22H22NO2P/c1-2-25-22(24)18-23-26(19-12-6-3-7-13-19,20-14-8-4-9-15-20)21-16-10-5-11-17-21/h3-17H,2,18H2,1H3. The normalized spacial score (nSPS) is 11.0. The van der Waals surface area contributed by atoms with Crippen LogP contribution >= 0.6 is 7.05 Å². The summed E-state index contributed by atoms with van der Waals surface area (Å²) in [5, 5.41) is 3.38. The molecule has 3 nitrogen and oxygen atoms in total. The Hall–Kier alpha value is -2.64. The summed E-state index contributed by atoms with van der Waals surface area (Å²) in [5.74, 6) is -0.292. The molecule has 0 aliphatic rings. The summed E-state index contributed by atoms with van der Waals surface area (Å²) in [6.07, 6.45) is 0. The fourth-order valence-electron chi connectivity index (χ4n) is 2.99. The molecule has 0 amide bonds. The van der Waals surface area contributed by atoms with Crippen LogP contribution in [0.15, 0.2) is 95.7 Å². The number of rotatable bonds is 6. The summed E-state index contributed by atoms with van der Waals surface area (Å²) in [6, 6.07) is 30.7. The van der Waals surface area contributed by atoms with Gasteiger partial charge in [0.1, 0.15) is 6.54 Å². The molecule has 3 aromatic carbocycles. The smallest absolute Gasteiger partial charge is 0.327 e. The molecule has 0 atom stereocenters. The molecule has 0 N–H and O–H groups in total. The van der Waals surface area contributed by atoms with Crippen molar-refractivity contribution in [2.75, 3.05) is 13.2 Å². The monoisotopic (exact) mass is 363 g/mol. The number of nitrogens with zero attached hydrogens (tertiary/aromatic N) is 1. The third-order valence-corrected chi connectivity index (χ3v) is 7.81. The zero-order valence-electron chi connectivity index (χ0n) is 14.8. The second-order valence-corrected chi connectivity index (χ2v) is 8.85. The lowest BCUT2D eigenvalue weighted by molar-refractivity contribution is -0.141. The highest BCUT2D eigenvalue weighted by Gasteiger charge is 2.27. The maximum Gasteiger partial charge on any atom is 0.327 e. The second-order valence-electron chi connectivity index (χ2n) is 5.75. The fraction of sp³-hybridized carbons (Fsp3) is 0.136.